The molecule has 0 fully saturated rings. The lowest BCUT2D eigenvalue weighted by molar-refractivity contribution is -0.385. The Morgan fingerprint density at radius 1 is 1.62 bits per heavy atom. The van der Waals surface area contributed by atoms with E-state index in [1.807, 2.05) is 0 Å². The van der Waals surface area contributed by atoms with Gasteiger partial charge in [0.2, 0.25) is 0 Å². The molecule has 0 amide bonds. The molecule has 16 heavy (non-hydrogen) atoms. The Morgan fingerprint density at radius 2 is 2.25 bits per heavy atom. The number of aryl methyl sites for hydroxylation is 1. The Balaban J connectivity index is 3.06. The van der Waals surface area contributed by atoms with Gasteiger partial charge in [-0.15, -0.1) is 0 Å². The molecule has 5 heteroatoms. The molecule has 5 nitrogen and oxygen atoms in total. The van der Waals surface area contributed by atoms with Gasteiger partial charge in [-0.2, -0.15) is 0 Å². The summed E-state index contributed by atoms with van der Waals surface area (Å²) < 4.78 is 0. The number of rotatable bonds is 4. The van der Waals surface area contributed by atoms with Gasteiger partial charge in [0.15, 0.2) is 0 Å². The largest absolute Gasteiger partial charge is 0.299 e. The molecular weight excluding hydrogens is 208 g/mol. The van der Waals surface area contributed by atoms with E-state index in [4.69, 9.17) is 0 Å². The van der Waals surface area contributed by atoms with Crippen LogP contribution in [0.25, 0.3) is 0 Å². The van der Waals surface area contributed by atoms with Gasteiger partial charge in [0.05, 0.1) is 16.5 Å². The predicted molar refractivity (Wildman–Crippen MR) is 59.3 cm³/mol. The fourth-order valence-electron chi connectivity index (χ4n) is 1.47. The van der Waals surface area contributed by atoms with Crippen molar-refractivity contribution in [3.8, 4) is 0 Å². The minimum Gasteiger partial charge on any atom is -0.299 e. The van der Waals surface area contributed by atoms with Crippen molar-refractivity contribution in [2.45, 2.75) is 33.1 Å². The van der Waals surface area contributed by atoms with Crippen molar-refractivity contribution in [1.29, 1.82) is 0 Å². The van der Waals surface area contributed by atoms with Crippen LogP contribution in [0.15, 0.2) is 12.3 Å². The monoisotopic (exact) mass is 222 g/mol. The second-order valence-electron chi connectivity index (χ2n) is 3.69. The average Bonchev–Trinajstić information content (AvgIpc) is 2.26. The fraction of sp³-hybridized carbons (Fsp3) is 0.455. The van der Waals surface area contributed by atoms with Crippen LogP contribution >= 0.6 is 0 Å². The first kappa shape index (κ1) is 12.3. The molecule has 0 saturated heterocycles. The van der Waals surface area contributed by atoms with Crippen LogP contribution < -0.4 is 0 Å². The molecule has 0 N–H and O–H groups in total. The van der Waals surface area contributed by atoms with E-state index in [2.05, 4.69) is 4.98 Å². The molecule has 1 aromatic rings. The third-order valence-corrected chi connectivity index (χ3v) is 2.58. The fourth-order valence-corrected chi connectivity index (χ4v) is 1.47. The van der Waals surface area contributed by atoms with Crippen molar-refractivity contribution in [2.24, 2.45) is 0 Å². The normalized spacial score (nSPS) is 12.2. The molecule has 1 heterocycles. The van der Waals surface area contributed by atoms with Gasteiger partial charge in [-0.1, -0.05) is 6.92 Å². The van der Waals surface area contributed by atoms with Gasteiger partial charge in [-0.3, -0.25) is 19.9 Å². The highest BCUT2D eigenvalue weighted by atomic mass is 16.6. The van der Waals surface area contributed by atoms with Crippen molar-refractivity contribution in [3.05, 3.63) is 33.6 Å². The Morgan fingerprint density at radius 3 is 2.69 bits per heavy atom. The molecule has 1 atom stereocenters. The highest BCUT2D eigenvalue weighted by molar-refractivity contribution is 5.84. The van der Waals surface area contributed by atoms with E-state index in [1.165, 1.54) is 6.20 Å². The quantitative estimate of drug-likeness (QED) is 0.579. The molecule has 1 rings (SSSR count). The smallest absolute Gasteiger partial charge is 0.290 e. The summed E-state index contributed by atoms with van der Waals surface area (Å²) in [6.45, 7) is 5.20. The molecule has 0 bridgehead atoms. The zero-order chi connectivity index (χ0) is 12.3. The van der Waals surface area contributed by atoms with Crippen LogP contribution in [0.4, 0.5) is 5.69 Å². The summed E-state index contributed by atoms with van der Waals surface area (Å²) in [5, 5.41) is 10.6. The van der Waals surface area contributed by atoms with Crippen LogP contribution in [0.3, 0.4) is 0 Å². The molecule has 1 unspecified atom stereocenters. The maximum Gasteiger partial charge on any atom is 0.290 e. The molecule has 1 aromatic heterocycles. The third kappa shape index (κ3) is 2.42. The average molecular weight is 222 g/mol. The summed E-state index contributed by atoms with van der Waals surface area (Å²) >= 11 is 0. The molecule has 0 radical (unpaired) electrons. The minimum absolute atomic E-state index is 0.0140. The van der Waals surface area contributed by atoms with Crippen LogP contribution in [0.5, 0.6) is 0 Å². The first-order valence-corrected chi connectivity index (χ1v) is 5.11. The zero-order valence-electron chi connectivity index (χ0n) is 9.56. The van der Waals surface area contributed by atoms with Crippen LogP contribution in [0.2, 0.25) is 0 Å². The predicted octanol–water partition coefficient (Wildman–Crippen LogP) is 2.38. The number of ketones is 1. The van der Waals surface area contributed by atoms with Crippen LogP contribution in [0, 0.1) is 17.0 Å². The van der Waals surface area contributed by atoms with Crippen LogP contribution in [0.1, 0.15) is 37.4 Å². The van der Waals surface area contributed by atoms with Crippen molar-refractivity contribution in [2.75, 3.05) is 0 Å². The summed E-state index contributed by atoms with van der Waals surface area (Å²) in [6.07, 6.45) is 1.66. The van der Waals surface area contributed by atoms with E-state index in [1.54, 1.807) is 26.8 Å². The lowest BCUT2D eigenvalue weighted by Gasteiger charge is -2.08. The number of nitrogens with zero attached hydrogens (tertiary/aromatic N) is 2. The minimum atomic E-state index is -0.474. The van der Waals surface area contributed by atoms with Gasteiger partial charge in [-0.05, 0) is 19.9 Å². The topological polar surface area (TPSA) is 73.1 Å². The number of Topliss-reactive ketones (excluding diaryl/α,β-unsaturated/α-hetero) is 1. The number of nitro groups is 1. The SMILES string of the molecule is CCC(=O)C(C)c1cc(C)c([N+](=O)[O-])cn1. The number of hydrogen-bond donors (Lipinski definition) is 0. The van der Waals surface area contributed by atoms with Crippen molar-refractivity contribution in [3.63, 3.8) is 0 Å². The van der Waals surface area contributed by atoms with Crippen molar-refractivity contribution < 1.29 is 9.72 Å². The van der Waals surface area contributed by atoms with Crippen molar-refractivity contribution >= 4 is 11.5 Å². The summed E-state index contributed by atoms with van der Waals surface area (Å²) in [7, 11) is 0. The number of carbonyl (C=O) groups excluding carboxylic acids is 1. The van der Waals surface area contributed by atoms with E-state index in [-0.39, 0.29) is 17.4 Å². The Hall–Kier alpha value is -1.78. The number of pyridine rings is 1. The molecule has 86 valence electrons. The van der Waals surface area contributed by atoms with Crippen molar-refractivity contribution in [1.82, 2.24) is 4.98 Å². The van der Waals surface area contributed by atoms with Gasteiger partial charge in [0, 0.05) is 12.0 Å². The molecule has 0 aliphatic carbocycles. The zero-order valence-corrected chi connectivity index (χ0v) is 9.56. The molecule has 0 aliphatic rings. The molecule has 0 aromatic carbocycles. The Labute approximate surface area is 93.7 Å². The molecule has 0 saturated carbocycles. The summed E-state index contributed by atoms with van der Waals surface area (Å²) in [5.41, 5.74) is 1.11. The molecule has 0 spiro atoms. The van der Waals surface area contributed by atoms with Gasteiger partial charge >= 0.3 is 0 Å². The summed E-state index contributed by atoms with van der Waals surface area (Å²) in [4.78, 5) is 25.6. The molecule has 0 aliphatic heterocycles. The second-order valence-corrected chi connectivity index (χ2v) is 3.69. The van der Waals surface area contributed by atoms with Crippen LogP contribution in [-0.4, -0.2) is 15.7 Å². The van der Waals surface area contributed by atoms with Gasteiger partial charge in [0.25, 0.3) is 5.69 Å². The number of hydrogen-bond acceptors (Lipinski definition) is 4. The maximum atomic E-state index is 11.5. The lowest BCUT2D eigenvalue weighted by Crippen LogP contribution is -2.10. The number of aromatic nitrogens is 1. The van der Waals surface area contributed by atoms with Gasteiger partial charge in [-0.25, -0.2) is 0 Å². The lowest BCUT2D eigenvalue weighted by atomic mass is 9.99. The van der Waals surface area contributed by atoms with Crippen LogP contribution in [-0.2, 0) is 4.79 Å². The highest BCUT2D eigenvalue weighted by Gasteiger charge is 2.18. The summed E-state index contributed by atoms with van der Waals surface area (Å²) in [6, 6.07) is 1.61. The van der Waals surface area contributed by atoms with Gasteiger partial charge < -0.3 is 0 Å². The number of carbonyl (C=O) groups is 1. The first-order chi connectivity index (χ1) is 7.47. The Kier molecular flexibility index (Phi) is 3.71. The second kappa shape index (κ2) is 4.83. The highest BCUT2D eigenvalue weighted by Crippen LogP contribution is 2.22. The maximum absolute atomic E-state index is 11.5. The van der Waals surface area contributed by atoms with E-state index in [9.17, 15) is 14.9 Å². The summed E-state index contributed by atoms with van der Waals surface area (Å²) in [5.74, 6) is -0.217. The molecular formula is C11H14N2O3. The third-order valence-electron chi connectivity index (χ3n) is 2.58. The van der Waals surface area contributed by atoms with E-state index in [0.717, 1.165) is 0 Å². The first-order valence-electron chi connectivity index (χ1n) is 5.11. The Bertz CT molecular complexity index is 429. The van der Waals surface area contributed by atoms with Gasteiger partial charge in [0.1, 0.15) is 12.0 Å². The standard InChI is InChI=1S/C11H14N2O3/c1-4-11(14)8(3)9-5-7(2)10(6-12-9)13(15)16/h5-6,8H,4H2,1-3H3. The van der Waals surface area contributed by atoms with E-state index < -0.39 is 4.92 Å². The van der Waals surface area contributed by atoms with E-state index >= 15 is 0 Å². The van der Waals surface area contributed by atoms with E-state index in [0.29, 0.717) is 17.7 Å².